The van der Waals surface area contributed by atoms with Crippen molar-refractivity contribution in [3.63, 3.8) is 0 Å². The summed E-state index contributed by atoms with van der Waals surface area (Å²) in [5, 5.41) is 3.68. The Labute approximate surface area is 92.1 Å². The summed E-state index contributed by atoms with van der Waals surface area (Å²) in [6, 6.07) is 4.18. The Hall–Kier alpha value is -0.890. The zero-order valence-corrected chi connectivity index (χ0v) is 9.71. The normalized spacial score (nSPS) is 19.3. The molecule has 0 aliphatic heterocycles. The third kappa shape index (κ3) is 2.57. The molecule has 1 saturated carbocycles. The SMILES string of the molecule is Cc1ncccc1CNC1(C)CCCC1. The van der Waals surface area contributed by atoms with Crippen LogP contribution in [0.2, 0.25) is 0 Å². The van der Waals surface area contributed by atoms with Crippen LogP contribution in [0.3, 0.4) is 0 Å². The van der Waals surface area contributed by atoms with Gasteiger partial charge in [-0.15, -0.1) is 0 Å². The summed E-state index contributed by atoms with van der Waals surface area (Å²) in [5.74, 6) is 0. The van der Waals surface area contributed by atoms with E-state index in [9.17, 15) is 0 Å². The molecule has 1 fully saturated rings. The molecule has 0 aromatic carbocycles. The zero-order chi connectivity index (χ0) is 10.7. The lowest BCUT2D eigenvalue weighted by Gasteiger charge is -2.25. The Bertz CT molecular complexity index is 327. The number of aromatic nitrogens is 1. The highest BCUT2D eigenvalue weighted by atomic mass is 15.0. The number of nitrogens with zero attached hydrogens (tertiary/aromatic N) is 1. The highest BCUT2D eigenvalue weighted by molar-refractivity contribution is 5.18. The Balaban J connectivity index is 1.95. The standard InChI is InChI=1S/C13H20N2/c1-11-12(6-5-9-14-11)10-15-13(2)7-3-4-8-13/h5-6,9,15H,3-4,7-8,10H2,1-2H3. The Kier molecular flexibility index (Phi) is 3.06. The van der Waals surface area contributed by atoms with Crippen LogP contribution in [0, 0.1) is 6.92 Å². The molecule has 1 N–H and O–H groups in total. The van der Waals surface area contributed by atoms with Gasteiger partial charge in [-0.25, -0.2) is 0 Å². The molecule has 82 valence electrons. The van der Waals surface area contributed by atoms with Gasteiger partial charge in [0.25, 0.3) is 0 Å². The van der Waals surface area contributed by atoms with Gasteiger partial charge >= 0.3 is 0 Å². The first-order valence-corrected chi connectivity index (χ1v) is 5.85. The van der Waals surface area contributed by atoms with Crippen molar-refractivity contribution in [3.05, 3.63) is 29.6 Å². The fraction of sp³-hybridized carbons (Fsp3) is 0.615. The molecule has 2 rings (SSSR count). The third-order valence-electron chi connectivity index (χ3n) is 3.53. The number of aryl methyl sites for hydroxylation is 1. The Morgan fingerprint density at radius 3 is 2.80 bits per heavy atom. The minimum atomic E-state index is 0.363. The second-order valence-corrected chi connectivity index (χ2v) is 4.87. The monoisotopic (exact) mass is 204 g/mol. The van der Waals surface area contributed by atoms with Gasteiger partial charge in [0, 0.05) is 24.0 Å². The average molecular weight is 204 g/mol. The van der Waals surface area contributed by atoms with Crippen LogP contribution in [-0.4, -0.2) is 10.5 Å². The van der Waals surface area contributed by atoms with E-state index in [2.05, 4.69) is 30.2 Å². The number of nitrogens with one attached hydrogen (secondary N) is 1. The van der Waals surface area contributed by atoms with Crippen molar-refractivity contribution < 1.29 is 0 Å². The average Bonchev–Trinajstić information content (AvgIpc) is 2.65. The molecular weight excluding hydrogens is 184 g/mol. The second kappa shape index (κ2) is 4.31. The van der Waals surface area contributed by atoms with E-state index in [1.165, 1.54) is 31.2 Å². The predicted octanol–water partition coefficient (Wildman–Crippen LogP) is 2.81. The minimum absolute atomic E-state index is 0.363. The molecule has 0 atom stereocenters. The van der Waals surface area contributed by atoms with Crippen molar-refractivity contribution in [2.75, 3.05) is 0 Å². The van der Waals surface area contributed by atoms with Crippen molar-refractivity contribution in [2.24, 2.45) is 0 Å². The van der Waals surface area contributed by atoms with E-state index in [0.29, 0.717) is 5.54 Å². The maximum Gasteiger partial charge on any atom is 0.0417 e. The molecule has 0 bridgehead atoms. The van der Waals surface area contributed by atoms with Crippen LogP contribution in [0.4, 0.5) is 0 Å². The van der Waals surface area contributed by atoms with E-state index < -0.39 is 0 Å². The number of pyridine rings is 1. The molecule has 2 heteroatoms. The first-order chi connectivity index (χ1) is 7.20. The van der Waals surface area contributed by atoms with Crippen LogP contribution in [-0.2, 0) is 6.54 Å². The van der Waals surface area contributed by atoms with Crippen molar-refractivity contribution in [1.29, 1.82) is 0 Å². The molecule has 15 heavy (non-hydrogen) atoms. The molecule has 1 aliphatic carbocycles. The first kappa shape index (κ1) is 10.6. The third-order valence-corrected chi connectivity index (χ3v) is 3.53. The topological polar surface area (TPSA) is 24.9 Å². The van der Waals surface area contributed by atoms with E-state index in [0.717, 1.165) is 12.2 Å². The lowest BCUT2D eigenvalue weighted by Crippen LogP contribution is -2.38. The van der Waals surface area contributed by atoms with Gasteiger partial charge in [0.1, 0.15) is 0 Å². The molecular formula is C13H20N2. The number of hydrogen-bond donors (Lipinski definition) is 1. The van der Waals surface area contributed by atoms with E-state index >= 15 is 0 Å². The molecule has 1 aromatic rings. The smallest absolute Gasteiger partial charge is 0.0417 e. The molecule has 1 aliphatic rings. The maximum atomic E-state index is 4.31. The van der Waals surface area contributed by atoms with E-state index in [-0.39, 0.29) is 0 Å². The fourth-order valence-electron chi connectivity index (χ4n) is 2.35. The quantitative estimate of drug-likeness (QED) is 0.819. The lowest BCUT2D eigenvalue weighted by molar-refractivity contribution is 0.362. The molecule has 0 amide bonds. The van der Waals surface area contributed by atoms with E-state index in [4.69, 9.17) is 0 Å². The Morgan fingerprint density at radius 2 is 2.13 bits per heavy atom. The van der Waals surface area contributed by atoms with Crippen LogP contribution >= 0.6 is 0 Å². The summed E-state index contributed by atoms with van der Waals surface area (Å²) in [7, 11) is 0. The lowest BCUT2D eigenvalue weighted by atomic mass is 10.0. The molecule has 1 aromatic heterocycles. The molecule has 0 radical (unpaired) electrons. The minimum Gasteiger partial charge on any atom is -0.307 e. The summed E-state index contributed by atoms with van der Waals surface area (Å²) >= 11 is 0. The van der Waals surface area contributed by atoms with Crippen LogP contribution in [0.1, 0.15) is 43.9 Å². The Morgan fingerprint density at radius 1 is 1.40 bits per heavy atom. The van der Waals surface area contributed by atoms with Crippen molar-refractivity contribution in [1.82, 2.24) is 10.3 Å². The van der Waals surface area contributed by atoms with Gasteiger partial charge in [-0.05, 0) is 38.3 Å². The molecule has 0 saturated heterocycles. The van der Waals surface area contributed by atoms with Crippen LogP contribution in [0.15, 0.2) is 18.3 Å². The second-order valence-electron chi connectivity index (χ2n) is 4.87. The molecule has 0 spiro atoms. The van der Waals surface area contributed by atoms with Gasteiger partial charge in [0.05, 0.1) is 0 Å². The van der Waals surface area contributed by atoms with Crippen molar-refractivity contribution >= 4 is 0 Å². The summed E-state index contributed by atoms with van der Waals surface area (Å²) in [5.41, 5.74) is 2.83. The van der Waals surface area contributed by atoms with Crippen LogP contribution in [0.5, 0.6) is 0 Å². The zero-order valence-electron chi connectivity index (χ0n) is 9.71. The van der Waals surface area contributed by atoms with Gasteiger partial charge < -0.3 is 5.32 Å². The van der Waals surface area contributed by atoms with Crippen molar-refractivity contribution in [2.45, 2.75) is 51.6 Å². The van der Waals surface area contributed by atoms with Crippen LogP contribution in [0.25, 0.3) is 0 Å². The number of rotatable bonds is 3. The summed E-state index contributed by atoms with van der Waals surface area (Å²) in [4.78, 5) is 4.31. The predicted molar refractivity (Wildman–Crippen MR) is 62.7 cm³/mol. The van der Waals surface area contributed by atoms with Gasteiger partial charge in [-0.1, -0.05) is 18.9 Å². The molecule has 0 unspecified atom stereocenters. The van der Waals surface area contributed by atoms with E-state index in [1.807, 2.05) is 12.3 Å². The maximum absolute atomic E-state index is 4.31. The van der Waals surface area contributed by atoms with Gasteiger partial charge in [-0.3, -0.25) is 4.98 Å². The summed E-state index contributed by atoms with van der Waals surface area (Å²) < 4.78 is 0. The highest BCUT2D eigenvalue weighted by Gasteiger charge is 2.27. The fourth-order valence-corrected chi connectivity index (χ4v) is 2.35. The highest BCUT2D eigenvalue weighted by Crippen LogP contribution is 2.29. The van der Waals surface area contributed by atoms with E-state index in [1.54, 1.807) is 0 Å². The van der Waals surface area contributed by atoms with Crippen molar-refractivity contribution in [3.8, 4) is 0 Å². The number of hydrogen-bond acceptors (Lipinski definition) is 2. The van der Waals surface area contributed by atoms with Crippen LogP contribution < -0.4 is 5.32 Å². The summed E-state index contributed by atoms with van der Waals surface area (Å²) in [6.45, 7) is 5.37. The molecule has 1 heterocycles. The first-order valence-electron chi connectivity index (χ1n) is 5.85. The van der Waals surface area contributed by atoms with Gasteiger partial charge in [0.15, 0.2) is 0 Å². The largest absolute Gasteiger partial charge is 0.307 e. The van der Waals surface area contributed by atoms with Gasteiger partial charge in [-0.2, -0.15) is 0 Å². The molecule has 2 nitrogen and oxygen atoms in total. The summed E-state index contributed by atoms with van der Waals surface area (Å²) in [6.07, 6.45) is 7.22. The van der Waals surface area contributed by atoms with Gasteiger partial charge in [0.2, 0.25) is 0 Å².